The zero-order valence-corrected chi connectivity index (χ0v) is 12.9. The van der Waals surface area contributed by atoms with Crippen molar-refractivity contribution in [3.05, 3.63) is 34.3 Å². The highest BCUT2D eigenvalue weighted by Gasteiger charge is 2.26. The molecule has 1 aliphatic rings. The molecule has 1 aromatic rings. The van der Waals surface area contributed by atoms with Gasteiger partial charge >= 0.3 is 0 Å². The molecular weight excluding hydrogens is 314 g/mol. The Morgan fingerprint density at radius 1 is 1.33 bits per heavy atom. The molecule has 1 atom stereocenters. The first-order valence-electron chi connectivity index (χ1n) is 6.19. The van der Waals surface area contributed by atoms with E-state index < -0.39 is 10.0 Å². The summed E-state index contributed by atoms with van der Waals surface area (Å²) in [7, 11) is -3.16. The molecule has 5 heteroatoms. The molecule has 100 valence electrons. The van der Waals surface area contributed by atoms with E-state index in [1.807, 2.05) is 24.3 Å². The van der Waals surface area contributed by atoms with Crippen molar-refractivity contribution in [3.63, 3.8) is 0 Å². The second-order valence-corrected chi connectivity index (χ2v) is 7.87. The van der Waals surface area contributed by atoms with E-state index in [2.05, 4.69) is 22.9 Å². The molecular formula is C13H18BrNO2S. The third kappa shape index (κ3) is 3.56. The molecule has 18 heavy (non-hydrogen) atoms. The van der Waals surface area contributed by atoms with E-state index >= 15 is 0 Å². The lowest BCUT2D eigenvalue weighted by Crippen LogP contribution is -2.39. The number of rotatable bonds is 3. The van der Waals surface area contributed by atoms with Gasteiger partial charge in [-0.05, 0) is 36.5 Å². The zero-order chi connectivity index (χ0) is 13.2. The molecule has 0 radical (unpaired) electrons. The summed E-state index contributed by atoms with van der Waals surface area (Å²) in [4.78, 5) is 0. The fraction of sp³-hybridized carbons (Fsp3) is 0.538. The topological polar surface area (TPSA) is 37.4 Å². The van der Waals surface area contributed by atoms with Crippen LogP contribution in [0.25, 0.3) is 0 Å². The Bertz CT molecular complexity index is 498. The van der Waals surface area contributed by atoms with Gasteiger partial charge in [-0.3, -0.25) is 0 Å². The summed E-state index contributed by atoms with van der Waals surface area (Å²) < 4.78 is 27.2. The van der Waals surface area contributed by atoms with E-state index in [-0.39, 0.29) is 5.75 Å². The molecule has 0 aliphatic carbocycles. The van der Waals surface area contributed by atoms with Crippen LogP contribution in [0.4, 0.5) is 0 Å². The Kier molecular flexibility index (Phi) is 4.45. The van der Waals surface area contributed by atoms with Crippen molar-refractivity contribution in [2.24, 2.45) is 5.92 Å². The van der Waals surface area contributed by atoms with Crippen molar-refractivity contribution in [3.8, 4) is 0 Å². The molecule has 1 saturated heterocycles. The number of benzene rings is 1. The minimum absolute atomic E-state index is 0.104. The average Bonchev–Trinajstić information content (AvgIpc) is 2.32. The molecule has 0 bridgehead atoms. The van der Waals surface area contributed by atoms with Crippen LogP contribution in [-0.4, -0.2) is 25.8 Å². The zero-order valence-electron chi connectivity index (χ0n) is 10.5. The van der Waals surface area contributed by atoms with E-state index in [1.54, 1.807) is 4.31 Å². The second-order valence-electron chi connectivity index (χ2n) is 4.99. The number of hydrogen-bond donors (Lipinski definition) is 0. The quantitative estimate of drug-likeness (QED) is 0.853. The van der Waals surface area contributed by atoms with E-state index in [0.29, 0.717) is 19.0 Å². The van der Waals surface area contributed by atoms with Crippen molar-refractivity contribution in [2.75, 3.05) is 13.1 Å². The van der Waals surface area contributed by atoms with Crippen LogP contribution in [0.3, 0.4) is 0 Å². The van der Waals surface area contributed by atoms with E-state index in [4.69, 9.17) is 0 Å². The lowest BCUT2D eigenvalue weighted by atomic mass is 10.0. The van der Waals surface area contributed by atoms with Crippen LogP contribution in [0.15, 0.2) is 28.7 Å². The minimum atomic E-state index is -3.16. The monoisotopic (exact) mass is 331 g/mol. The van der Waals surface area contributed by atoms with Gasteiger partial charge < -0.3 is 0 Å². The SMILES string of the molecule is C[C@@H]1CCCN(S(=O)(=O)Cc2ccc(Br)cc2)C1. The van der Waals surface area contributed by atoms with Gasteiger partial charge in [-0.1, -0.05) is 35.0 Å². The molecule has 0 aromatic heterocycles. The molecule has 0 spiro atoms. The smallest absolute Gasteiger partial charge is 0.212 e. The largest absolute Gasteiger partial charge is 0.218 e. The Balaban J connectivity index is 2.09. The van der Waals surface area contributed by atoms with Crippen molar-refractivity contribution in [1.82, 2.24) is 4.31 Å². The Hall–Kier alpha value is -0.390. The maximum Gasteiger partial charge on any atom is 0.218 e. The summed E-state index contributed by atoms with van der Waals surface area (Å²) in [5, 5.41) is 0. The van der Waals surface area contributed by atoms with Gasteiger partial charge in [0.1, 0.15) is 0 Å². The van der Waals surface area contributed by atoms with Crippen molar-refractivity contribution in [2.45, 2.75) is 25.5 Å². The molecule has 1 aromatic carbocycles. The molecule has 0 amide bonds. The van der Waals surface area contributed by atoms with E-state index in [9.17, 15) is 8.42 Å². The van der Waals surface area contributed by atoms with E-state index in [0.717, 1.165) is 22.9 Å². The van der Waals surface area contributed by atoms with Gasteiger partial charge in [0, 0.05) is 17.6 Å². The van der Waals surface area contributed by atoms with Gasteiger partial charge in [0.15, 0.2) is 0 Å². The predicted octanol–water partition coefficient (Wildman–Crippen LogP) is 3.01. The summed E-state index contributed by atoms with van der Waals surface area (Å²) in [6.45, 7) is 3.45. The number of sulfonamides is 1. The summed E-state index contributed by atoms with van der Waals surface area (Å²) >= 11 is 3.35. The molecule has 0 N–H and O–H groups in total. The maximum absolute atomic E-state index is 12.3. The first kappa shape index (κ1) is 14.0. The summed E-state index contributed by atoms with van der Waals surface area (Å²) in [6, 6.07) is 7.47. The highest BCUT2D eigenvalue weighted by Crippen LogP contribution is 2.21. The Morgan fingerprint density at radius 2 is 2.00 bits per heavy atom. The fourth-order valence-electron chi connectivity index (χ4n) is 2.28. The Morgan fingerprint density at radius 3 is 2.61 bits per heavy atom. The van der Waals surface area contributed by atoms with E-state index in [1.165, 1.54) is 0 Å². The highest BCUT2D eigenvalue weighted by molar-refractivity contribution is 9.10. The lowest BCUT2D eigenvalue weighted by molar-refractivity contribution is 0.281. The summed E-state index contributed by atoms with van der Waals surface area (Å²) in [5.74, 6) is 0.575. The van der Waals surface area contributed by atoms with Gasteiger partial charge in [-0.25, -0.2) is 12.7 Å². The number of nitrogens with zero attached hydrogens (tertiary/aromatic N) is 1. The number of hydrogen-bond acceptors (Lipinski definition) is 2. The van der Waals surface area contributed by atoms with Crippen LogP contribution in [0, 0.1) is 5.92 Å². The first-order chi connectivity index (χ1) is 8.47. The van der Waals surface area contributed by atoms with Crippen LogP contribution in [0.2, 0.25) is 0 Å². The van der Waals surface area contributed by atoms with Gasteiger partial charge in [-0.2, -0.15) is 0 Å². The van der Waals surface area contributed by atoms with Crippen molar-refractivity contribution >= 4 is 26.0 Å². The molecule has 0 saturated carbocycles. The van der Waals surface area contributed by atoms with Crippen LogP contribution < -0.4 is 0 Å². The van der Waals surface area contributed by atoms with Crippen LogP contribution in [0.5, 0.6) is 0 Å². The van der Waals surface area contributed by atoms with Crippen LogP contribution in [-0.2, 0) is 15.8 Å². The first-order valence-corrected chi connectivity index (χ1v) is 8.60. The average molecular weight is 332 g/mol. The van der Waals surface area contributed by atoms with Gasteiger partial charge in [0.05, 0.1) is 5.75 Å². The number of piperidine rings is 1. The molecule has 1 aliphatic heterocycles. The van der Waals surface area contributed by atoms with Crippen LogP contribution >= 0.6 is 15.9 Å². The number of halogens is 1. The molecule has 1 fully saturated rings. The predicted molar refractivity (Wildman–Crippen MR) is 76.7 cm³/mol. The molecule has 1 heterocycles. The third-order valence-electron chi connectivity index (χ3n) is 3.28. The molecule has 2 rings (SSSR count). The highest BCUT2D eigenvalue weighted by atomic mass is 79.9. The fourth-order valence-corrected chi connectivity index (χ4v) is 4.23. The van der Waals surface area contributed by atoms with Gasteiger partial charge in [-0.15, -0.1) is 0 Å². The third-order valence-corrected chi connectivity index (χ3v) is 5.62. The van der Waals surface area contributed by atoms with Crippen molar-refractivity contribution in [1.29, 1.82) is 0 Å². The molecule has 3 nitrogen and oxygen atoms in total. The summed E-state index contributed by atoms with van der Waals surface area (Å²) in [6.07, 6.45) is 2.10. The lowest BCUT2D eigenvalue weighted by Gasteiger charge is -2.30. The summed E-state index contributed by atoms with van der Waals surface area (Å²) in [5.41, 5.74) is 0.844. The van der Waals surface area contributed by atoms with Crippen molar-refractivity contribution < 1.29 is 8.42 Å². The normalized spacial score (nSPS) is 22.0. The van der Waals surface area contributed by atoms with Gasteiger partial charge in [0.2, 0.25) is 10.0 Å². The second kappa shape index (κ2) is 5.72. The van der Waals surface area contributed by atoms with Crippen LogP contribution in [0.1, 0.15) is 25.3 Å². The van der Waals surface area contributed by atoms with Gasteiger partial charge in [0.25, 0.3) is 0 Å². The maximum atomic E-state index is 12.3. The molecule has 0 unspecified atom stereocenters. The minimum Gasteiger partial charge on any atom is -0.212 e. The Labute approximate surface area is 117 Å². The standard InChI is InChI=1S/C13H18BrNO2S/c1-11-3-2-8-15(9-11)18(16,17)10-12-4-6-13(14)7-5-12/h4-7,11H,2-3,8-10H2,1H3/t11-/m1/s1.